The SMILES string of the molecule is FC(F)[C@H]1C[C@@H]1c1cc(-c2cncnc2)nn2cccc12. The van der Waals surface area contributed by atoms with Gasteiger partial charge in [-0.1, -0.05) is 0 Å². The van der Waals surface area contributed by atoms with E-state index in [1.807, 2.05) is 24.4 Å². The van der Waals surface area contributed by atoms with Gasteiger partial charge in [-0.25, -0.2) is 23.3 Å². The van der Waals surface area contributed by atoms with E-state index in [4.69, 9.17) is 0 Å². The number of hydrogen-bond donors (Lipinski definition) is 0. The first-order valence-electron chi connectivity index (χ1n) is 6.76. The van der Waals surface area contributed by atoms with Crippen molar-refractivity contribution in [3.05, 3.63) is 48.7 Å². The summed E-state index contributed by atoms with van der Waals surface area (Å²) in [7, 11) is 0. The van der Waals surface area contributed by atoms with Gasteiger partial charge in [-0.2, -0.15) is 5.10 Å². The summed E-state index contributed by atoms with van der Waals surface area (Å²) in [6, 6.07) is 5.67. The van der Waals surface area contributed by atoms with Crippen molar-refractivity contribution in [3.8, 4) is 11.3 Å². The molecule has 0 radical (unpaired) electrons. The molecule has 0 bridgehead atoms. The third-order valence-electron chi connectivity index (χ3n) is 3.95. The van der Waals surface area contributed by atoms with Crippen LogP contribution in [0.5, 0.6) is 0 Å². The van der Waals surface area contributed by atoms with E-state index in [0.717, 1.165) is 16.6 Å². The normalized spacial score (nSPS) is 21.1. The highest BCUT2D eigenvalue weighted by Gasteiger charge is 2.46. The molecule has 1 aliphatic carbocycles. The van der Waals surface area contributed by atoms with Gasteiger partial charge in [0.2, 0.25) is 6.43 Å². The molecular formula is C15H12F2N4. The van der Waals surface area contributed by atoms with Gasteiger partial charge >= 0.3 is 0 Å². The summed E-state index contributed by atoms with van der Waals surface area (Å²) in [5.41, 5.74) is 3.31. The van der Waals surface area contributed by atoms with Crippen LogP contribution in [0.4, 0.5) is 8.78 Å². The second kappa shape index (κ2) is 4.58. The molecule has 4 rings (SSSR count). The number of alkyl halides is 2. The van der Waals surface area contributed by atoms with Crippen molar-refractivity contribution in [1.29, 1.82) is 0 Å². The first-order valence-corrected chi connectivity index (χ1v) is 6.76. The van der Waals surface area contributed by atoms with Crippen LogP contribution in [0.3, 0.4) is 0 Å². The zero-order valence-corrected chi connectivity index (χ0v) is 11.0. The van der Waals surface area contributed by atoms with E-state index in [9.17, 15) is 8.78 Å². The number of hydrogen-bond acceptors (Lipinski definition) is 3. The highest BCUT2D eigenvalue weighted by atomic mass is 19.3. The predicted octanol–water partition coefficient (Wildman–Crippen LogP) is 3.16. The molecule has 1 saturated carbocycles. The largest absolute Gasteiger partial charge is 0.244 e. The Morgan fingerprint density at radius 2 is 2.05 bits per heavy atom. The van der Waals surface area contributed by atoms with Crippen molar-refractivity contribution in [2.45, 2.75) is 18.8 Å². The van der Waals surface area contributed by atoms with Crippen LogP contribution in [0.15, 0.2) is 43.1 Å². The van der Waals surface area contributed by atoms with Gasteiger partial charge < -0.3 is 0 Å². The summed E-state index contributed by atoms with van der Waals surface area (Å²) in [5.74, 6) is -0.625. The van der Waals surface area contributed by atoms with Crippen LogP contribution in [-0.4, -0.2) is 26.0 Å². The van der Waals surface area contributed by atoms with Gasteiger partial charge in [0.25, 0.3) is 0 Å². The first kappa shape index (κ1) is 12.4. The molecule has 0 aromatic carbocycles. The van der Waals surface area contributed by atoms with Crippen molar-refractivity contribution in [1.82, 2.24) is 19.6 Å². The lowest BCUT2D eigenvalue weighted by Crippen LogP contribution is -2.01. The minimum Gasteiger partial charge on any atom is -0.244 e. The molecule has 106 valence electrons. The summed E-state index contributed by atoms with van der Waals surface area (Å²) < 4.78 is 27.5. The Morgan fingerprint density at radius 3 is 2.76 bits per heavy atom. The van der Waals surface area contributed by atoms with E-state index in [1.54, 1.807) is 16.9 Å². The van der Waals surface area contributed by atoms with Gasteiger partial charge in [-0.15, -0.1) is 0 Å². The molecule has 3 heterocycles. The van der Waals surface area contributed by atoms with Gasteiger partial charge in [-0.3, -0.25) is 0 Å². The van der Waals surface area contributed by atoms with Crippen molar-refractivity contribution < 1.29 is 8.78 Å². The molecule has 3 aromatic heterocycles. The molecule has 0 unspecified atom stereocenters. The topological polar surface area (TPSA) is 43.1 Å². The zero-order valence-electron chi connectivity index (χ0n) is 11.0. The van der Waals surface area contributed by atoms with Gasteiger partial charge in [0.15, 0.2) is 0 Å². The highest BCUT2D eigenvalue weighted by Crippen LogP contribution is 2.52. The van der Waals surface area contributed by atoms with Crippen molar-refractivity contribution >= 4 is 5.52 Å². The molecule has 21 heavy (non-hydrogen) atoms. The third kappa shape index (κ3) is 2.07. The number of nitrogens with zero attached hydrogens (tertiary/aromatic N) is 4. The molecule has 1 fully saturated rings. The lowest BCUT2D eigenvalue weighted by molar-refractivity contribution is 0.120. The summed E-state index contributed by atoms with van der Waals surface area (Å²) >= 11 is 0. The second-order valence-electron chi connectivity index (χ2n) is 5.29. The zero-order chi connectivity index (χ0) is 14.4. The number of rotatable bonds is 3. The monoisotopic (exact) mass is 286 g/mol. The maximum atomic E-state index is 12.9. The Bertz CT molecular complexity index is 785. The van der Waals surface area contributed by atoms with E-state index >= 15 is 0 Å². The first-order chi connectivity index (χ1) is 10.2. The molecule has 0 spiro atoms. The van der Waals surface area contributed by atoms with Crippen LogP contribution in [0.1, 0.15) is 17.9 Å². The van der Waals surface area contributed by atoms with Gasteiger partial charge in [-0.05, 0) is 36.1 Å². The molecule has 0 saturated heterocycles. The molecule has 6 heteroatoms. The Morgan fingerprint density at radius 1 is 1.24 bits per heavy atom. The van der Waals surface area contributed by atoms with Crippen LogP contribution >= 0.6 is 0 Å². The maximum Gasteiger partial charge on any atom is 0.242 e. The summed E-state index contributed by atoms with van der Waals surface area (Å²) in [6.45, 7) is 0. The molecule has 1 aliphatic rings. The van der Waals surface area contributed by atoms with Crippen LogP contribution in [0.2, 0.25) is 0 Å². The molecule has 0 N–H and O–H groups in total. The van der Waals surface area contributed by atoms with E-state index < -0.39 is 12.3 Å². The van der Waals surface area contributed by atoms with E-state index in [0.29, 0.717) is 12.1 Å². The Hall–Kier alpha value is -2.37. The molecule has 0 aliphatic heterocycles. The second-order valence-corrected chi connectivity index (χ2v) is 5.29. The Labute approximate surface area is 119 Å². The molecule has 2 atom stereocenters. The number of fused-ring (bicyclic) bond motifs is 1. The fourth-order valence-electron chi connectivity index (χ4n) is 2.77. The predicted molar refractivity (Wildman–Crippen MR) is 73.1 cm³/mol. The standard InChI is InChI=1S/C15H12F2N4/c16-15(17)12-4-10(12)11-5-13(9-6-18-8-19-7-9)20-21-3-1-2-14(11)21/h1-3,5-8,10,12,15H,4H2/t10-,12+/m1/s1. The molecule has 0 amide bonds. The quantitative estimate of drug-likeness (QED) is 0.742. The van der Waals surface area contributed by atoms with E-state index in [2.05, 4.69) is 15.1 Å². The van der Waals surface area contributed by atoms with Crippen molar-refractivity contribution in [3.63, 3.8) is 0 Å². The average Bonchev–Trinajstić information content (AvgIpc) is 3.17. The Balaban J connectivity index is 1.84. The van der Waals surface area contributed by atoms with Gasteiger partial charge in [0.1, 0.15) is 6.33 Å². The van der Waals surface area contributed by atoms with Crippen LogP contribution in [0, 0.1) is 5.92 Å². The average molecular weight is 286 g/mol. The van der Waals surface area contributed by atoms with Crippen LogP contribution in [-0.2, 0) is 0 Å². The Kier molecular flexibility index (Phi) is 2.70. The van der Waals surface area contributed by atoms with Crippen molar-refractivity contribution in [2.24, 2.45) is 5.92 Å². The summed E-state index contributed by atoms with van der Waals surface area (Å²) in [6.07, 6.45) is 4.89. The molecular weight excluding hydrogens is 274 g/mol. The van der Waals surface area contributed by atoms with Crippen LogP contribution < -0.4 is 0 Å². The van der Waals surface area contributed by atoms with Gasteiger partial charge in [0, 0.05) is 30.1 Å². The maximum absolute atomic E-state index is 12.9. The number of halogens is 2. The lowest BCUT2D eigenvalue weighted by Gasteiger charge is -2.08. The van der Waals surface area contributed by atoms with E-state index in [-0.39, 0.29) is 5.92 Å². The summed E-state index contributed by atoms with van der Waals surface area (Å²) in [5, 5.41) is 4.50. The third-order valence-corrected chi connectivity index (χ3v) is 3.95. The fourth-order valence-corrected chi connectivity index (χ4v) is 2.77. The van der Waals surface area contributed by atoms with Gasteiger partial charge in [0.05, 0.1) is 11.2 Å². The number of aromatic nitrogens is 4. The lowest BCUT2D eigenvalue weighted by atomic mass is 10.1. The smallest absolute Gasteiger partial charge is 0.242 e. The van der Waals surface area contributed by atoms with E-state index in [1.165, 1.54) is 6.33 Å². The highest BCUT2D eigenvalue weighted by molar-refractivity contribution is 5.65. The molecule has 4 nitrogen and oxygen atoms in total. The van der Waals surface area contributed by atoms with Crippen LogP contribution in [0.25, 0.3) is 16.8 Å². The minimum atomic E-state index is -2.26. The van der Waals surface area contributed by atoms with Crippen molar-refractivity contribution in [2.75, 3.05) is 0 Å². The summed E-state index contributed by atoms with van der Waals surface area (Å²) in [4.78, 5) is 7.96. The fraction of sp³-hybridized carbons (Fsp3) is 0.267. The minimum absolute atomic E-state index is 0.0891. The molecule has 3 aromatic rings.